The molecule has 0 saturated heterocycles. The van der Waals surface area contributed by atoms with Crippen molar-refractivity contribution in [2.45, 2.75) is 18.4 Å². The summed E-state index contributed by atoms with van der Waals surface area (Å²) in [4.78, 5) is -0.101. The molecule has 0 aliphatic rings. The van der Waals surface area contributed by atoms with Gasteiger partial charge in [0.05, 0.1) is 13.2 Å². The SMILES string of the molecule is CCOc1ccc(CO)cc1S(N)(=O)=O. The molecule has 0 aromatic heterocycles. The second-order valence-corrected chi connectivity index (χ2v) is 4.45. The average Bonchev–Trinajstić information content (AvgIpc) is 2.17. The van der Waals surface area contributed by atoms with Crippen LogP contribution in [0.1, 0.15) is 12.5 Å². The van der Waals surface area contributed by atoms with Crippen LogP contribution in [0.4, 0.5) is 0 Å². The van der Waals surface area contributed by atoms with Gasteiger partial charge in [0.2, 0.25) is 10.0 Å². The minimum atomic E-state index is -3.82. The maximum Gasteiger partial charge on any atom is 0.241 e. The number of ether oxygens (including phenoxy) is 1. The summed E-state index contributed by atoms with van der Waals surface area (Å²) in [5.74, 6) is 0.206. The number of benzene rings is 1. The van der Waals surface area contributed by atoms with Crippen LogP contribution in [0.5, 0.6) is 5.75 Å². The molecule has 0 atom stereocenters. The Bertz CT molecular complexity index is 441. The number of aliphatic hydroxyl groups is 1. The highest BCUT2D eigenvalue weighted by Gasteiger charge is 2.15. The van der Waals surface area contributed by atoms with E-state index in [1.54, 1.807) is 13.0 Å². The van der Waals surface area contributed by atoms with Gasteiger partial charge in [-0.1, -0.05) is 6.07 Å². The number of sulfonamides is 1. The summed E-state index contributed by atoms with van der Waals surface area (Å²) in [6.45, 7) is 1.85. The highest BCUT2D eigenvalue weighted by atomic mass is 32.2. The monoisotopic (exact) mass is 231 g/mol. The molecule has 0 aliphatic heterocycles. The lowest BCUT2D eigenvalue weighted by atomic mass is 10.2. The zero-order valence-corrected chi connectivity index (χ0v) is 9.12. The van der Waals surface area contributed by atoms with E-state index in [2.05, 4.69) is 0 Å². The molecule has 6 heteroatoms. The first-order valence-corrected chi connectivity index (χ1v) is 5.93. The summed E-state index contributed by atoms with van der Waals surface area (Å²) in [7, 11) is -3.82. The Labute approximate surface area is 88.5 Å². The van der Waals surface area contributed by atoms with Crippen molar-refractivity contribution < 1.29 is 18.3 Å². The van der Waals surface area contributed by atoms with Gasteiger partial charge in [0, 0.05) is 0 Å². The molecule has 0 aliphatic carbocycles. The fourth-order valence-electron chi connectivity index (χ4n) is 1.15. The van der Waals surface area contributed by atoms with E-state index in [0.717, 1.165) is 0 Å². The van der Waals surface area contributed by atoms with Crippen LogP contribution < -0.4 is 9.88 Å². The van der Waals surface area contributed by atoms with Crippen LogP contribution >= 0.6 is 0 Å². The van der Waals surface area contributed by atoms with Crippen molar-refractivity contribution in [3.8, 4) is 5.75 Å². The topological polar surface area (TPSA) is 89.6 Å². The van der Waals surface area contributed by atoms with Gasteiger partial charge in [-0.05, 0) is 24.6 Å². The molecule has 0 radical (unpaired) electrons. The zero-order valence-electron chi connectivity index (χ0n) is 8.30. The van der Waals surface area contributed by atoms with Crippen molar-refractivity contribution in [3.05, 3.63) is 23.8 Å². The van der Waals surface area contributed by atoms with E-state index in [9.17, 15) is 8.42 Å². The molecule has 1 aromatic rings. The van der Waals surface area contributed by atoms with Gasteiger partial charge in [0.1, 0.15) is 10.6 Å². The maximum atomic E-state index is 11.2. The van der Waals surface area contributed by atoms with E-state index in [-0.39, 0.29) is 17.3 Å². The number of hydrogen-bond acceptors (Lipinski definition) is 4. The highest BCUT2D eigenvalue weighted by molar-refractivity contribution is 7.89. The molecular formula is C9H13NO4S. The fourth-order valence-corrected chi connectivity index (χ4v) is 1.87. The average molecular weight is 231 g/mol. The number of aliphatic hydroxyl groups excluding tert-OH is 1. The van der Waals surface area contributed by atoms with Crippen LogP contribution in [0.2, 0.25) is 0 Å². The molecule has 84 valence electrons. The van der Waals surface area contributed by atoms with E-state index in [4.69, 9.17) is 15.0 Å². The van der Waals surface area contributed by atoms with Gasteiger partial charge in [-0.3, -0.25) is 0 Å². The molecule has 1 rings (SSSR count). The Morgan fingerprint density at radius 1 is 1.47 bits per heavy atom. The second kappa shape index (κ2) is 4.61. The van der Waals surface area contributed by atoms with Crippen molar-refractivity contribution in [1.82, 2.24) is 0 Å². The molecule has 0 unspecified atom stereocenters. The molecule has 15 heavy (non-hydrogen) atoms. The van der Waals surface area contributed by atoms with Crippen LogP contribution in [-0.2, 0) is 16.6 Å². The number of primary sulfonamides is 1. The van der Waals surface area contributed by atoms with Crippen molar-refractivity contribution in [2.75, 3.05) is 6.61 Å². The Balaban J connectivity index is 3.29. The van der Waals surface area contributed by atoms with Gasteiger partial charge < -0.3 is 9.84 Å². The van der Waals surface area contributed by atoms with Crippen molar-refractivity contribution >= 4 is 10.0 Å². The molecular weight excluding hydrogens is 218 g/mol. The standard InChI is InChI=1S/C9H13NO4S/c1-2-14-8-4-3-7(6-11)5-9(8)15(10,12)13/h3-5,11H,2,6H2,1H3,(H2,10,12,13). The van der Waals surface area contributed by atoms with Crippen molar-refractivity contribution in [2.24, 2.45) is 5.14 Å². The number of hydrogen-bond donors (Lipinski definition) is 2. The summed E-state index contributed by atoms with van der Waals surface area (Å²) >= 11 is 0. The van der Waals surface area contributed by atoms with E-state index in [1.165, 1.54) is 12.1 Å². The molecule has 0 saturated carbocycles. The van der Waals surface area contributed by atoms with Crippen molar-refractivity contribution in [3.63, 3.8) is 0 Å². The normalized spacial score (nSPS) is 11.4. The summed E-state index contributed by atoms with van der Waals surface area (Å²) in [6, 6.07) is 4.37. The summed E-state index contributed by atoms with van der Waals surface area (Å²) in [6.07, 6.45) is 0. The maximum absolute atomic E-state index is 11.2. The Morgan fingerprint density at radius 3 is 2.60 bits per heavy atom. The first-order valence-electron chi connectivity index (χ1n) is 4.38. The van der Waals surface area contributed by atoms with Crippen LogP contribution in [0, 0.1) is 0 Å². The van der Waals surface area contributed by atoms with Gasteiger partial charge in [-0.15, -0.1) is 0 Å². The first-order chi connectivity index (χ1) is 6.99. The Kier molecular flexibility index (Phi) is 3.67. The number of rotatable bonds is 4. The van der Waals surface area contributed by atoms with Gasteiger partial charge in [0.25, 0.3) is 0 Å². The van der Waals surface area contributed by atoms with Crippen LogP contribution in [0.15, 0.2) is 23.1 Å². The molecule has 5 nitrogen and oxygen atoms in total. The zero-order chi connectivity index (χ0) is 11.5. The van der Waals surface area contributed by atoms with Gasteiger partial charge >= 0.3 is 0 Å². The second-order valence-electron chi connectivity index (χ2n) is 2.92. The van der Waals surface area contributed by atoms with Gasteiger partial charge in [-0.25, -0.2) is 13.6 Å². The Morgan fingerprint density at radius 2 is 2.13 bits per heavy atom. The molecule has 0 heterocycles. The molecule has 0 bridgehead atoms. The minimum absolute atomic E-state index is 0.101. The minimum Gasteiger partial charge on any atom is -0.492 e. The first kappa shape index (κ1) is 12.0. The largest absolute Gasteiger partial charge is 0.492 e. The summed E-state index contributed by atoms with van der Waals surface area (Å²) in [5, 5.41) is 13.9. The lowest BCUT2D eigenvalue weighted by Gasteiger charge is -2.09. The molecule has 0 spiro atoms. The predicted molar refractivity (Wildman–Crippen MR) is 54.9 cm³/mol. The third-order valence-electron chi connectivity index (χ3n) is 1.80. The smallest absolute Gasteiger partial charge is 0.241 e. The van der Waals surface area contributed by atoms with E-state index < -0.39 is 10.0 Å². The van der Waals surface area contributed by atoms with Crippen LogP contribution in [0.25, 0.3) is 0 Å². The predicted octanol–water partition coefficient (Wildman–Crippen LogP) is 0.225. The fraction of sp³-hybridized carbons (Fsp3) is 0.333. The van der Waals surface area contributed by atoms with Crippen LogP contribution in [0.3, 0.4) is 0 Å². The Hall–Kier alpha value is -1.11. The lowest BCUT2D eigenvalue weighted by Crippen LogP contribution is -2.14. The third-order valence-corrected chi connectivity index (χ3v) is 2.73. The quantitative estimate of drug-likeness (QED) is 0.776. The molecule has 1 aromatic carbocycles. The lowest BCUT2D eigenvalue weighted by molar-refractivity contribution is 0.280. The summed E-state index contributed by atoms with van der Waals surface area (Å²) in [5.41, 5.74) is 0.475. The number of nitrogens with two attached hydrogens (primary N) is 1. The van der Waals surface area contributed by atoms with Crippen molar-refractivity contribution in [1.29, 1.82) is 0 Å². The van der Waals surface area contributed by atoms with E-state index in [1.807, 2.05) is 0 Å². The third kappa shape index (κ3) is 2.92. The summed E-state index contributed by atoms with van der Waals surface area (Å²) < 4.78 is 27.5. The molecule has 0 amide bonds. The van der Waals surface area contributed by atoms with Gasteiger partial charge in [-0.2, -0.15) is 0 Å². The van der Waals surface area contributed by atoms with Crippen LogP contribution in [-0.4, -0.2) is 20.1 Å². The van der Waals surface area contributed by atoms with E-state index in [0.29, 0.717) is 12.2 Å². The van der Waals surface area contributed by atoms with Gasteiger partial charge in [0.15, 0.2) is 0 Å². The highest BCUT2D eigenvalue weighted by Crippen LogP contribution is 2.24. The van der Waals surface area contributed by atoms with E-state index >= 15 is 0 Å². The molecule has 3 N–H and O–H groups in total. The molecule has 0 fully saturated rings.